The molecule has 120 valence electrons. The number of hydrogen-bond acceptors (Lipinski definition) is 3. The summed E-state index contributed by atoms with van der Waals surface area (Å²) < 4.78 is 6.30. The quantitative estimate of drug-likeness (QED) is 0.721. The number of aryl methyl sites for hydroxylation is 1. The van der Waals surface area contributed by atoms with Gasteiger partial charge in [-0.1, -0.05) is 26.7 Å². The van der Waals surface area contributed by atoms with Gasteiger partial charge < -0.3 is 10.1 Å². The Morgan fingerprint density at radius 2 is 1.90 bits per heavy atom. The van der Waals surface area contributed by atoms with Crippen molar-refractivity contribution in [3.8, 4) is 0 Å². The molecule has 1 saturated carbocycles. The zero-order valence-electron chi connectivity index (χ0n) is 13.9. The van der Waals surface area contributed by atoms with Gasteiger partial charge in [-0.3, -0.25) is 0 Å². The van der Waals surface area contributed by atoms with Crippen LogP contribution in [-0.2, 0) is 17.6 Å². The maximum Gasteiger partial charge on any atom is 0.0838 e. The maximum absolute atomic E-state index is 6.30. The first-order valence-corrected chi connectivity index (χ1v) is 9.50. The summed E-state index contributed by atoms with van der Waals surface area (Å²) in [4.78, 5) is 3.00. The van der Waals surface area contributed by atoms with Gasteiger partial charge in [-0.05, 0) is 57.7 Å². The number of ether oxygens (including phenoxy) is 1. The fourth-order valence-corrected chi connectivity index (χ4v) is 4.54. The molecule has 0 spiro atoms. The molecule has 1 fully saturated rings. The van der Waals surface area contributed by atoms with Crippen LogP contribution >= 0.6 is 11.3 Å². The van der Waals surface area contributed by atoms with Crippen LogP contribution in [0.3, 0.4) is 0 Å². The van der Waals surface area contributed by atoms with Crippen LogP contribution in [0.4, 0.5) is 0 Å². The average Bonchev–Trinajstić information content (AvgIpc) is 3.13. The summed E-state index contributed by atoms with van der Waals surface area (Å²) in [5, 5.41) is 3.79. The van der Waals surface area contributed by atoms with Crippen LogP contribution in [-0.4, -0.2) is 24.8 Å². The molecule has 1 aromatic heterocycles. The minimum absolute atomic E-state index is 0.0697. The Bertz CT molecular complexity index is 409. The minimum Gasteiger partial charge on any atom is -0.374 e. The summed E-state index contributed by atoms with van der Waals surface area (Å²) >= 11 is 1.97. The van der Waals surface area contributed by atoms with E-state index in [4.69, 9.17) is 4.74 Å². The number of nitrogens with one attached hydrogen (secondary N) is 1. The van der Waals surface area contributed by atoms with Gasteiger partial charge in [-0.2, -0.15) is 0 Å². The summed E-state index contributed by atoms with van der Waals surface area (Å²) in [5.41, 5.74) is 0.0697. The molecule has 0 saturated heterocycles. The second-order valence-electron chi connectivity index (χ2n) is 6.14. The van der Waals surface area contributed by atoms with Crippen LogP contribution in [0.2, 0.25) is 0 Å². The topological polar surface area (TPSA) is 21.3 Å². The largest absolute Gasteiger partial charge is 0.374 e. The van der Waals surface area contributed by atoms with Crippen molar-refractivity contribution in [1.82, 2.24) is 5.32 Å². The summed E-state index contributed by atoms with van der Waals surface area (Å²) in [7, 11) is 0. The van der Waals surface area contributed by atoms with Crippen molar-refractivity contribution in [2.45, 2.75) is 77.4 Å². The average molecular weight is 310 g/mol. The number of hydrogen-bond donors (Lipinski definition) is 1. The monoisotopic (exact) mass is 309 g/mol. The predicted octanol–water partition coefficient (Wildman–Crippen LogP) is 4.57. The molecular weight excluding hydrogens is 278 g/mol. The van der Waals surface area contributed by atoms with Gasteiger partial charge in [-0.15, -0.1) is 11.3 Å². The van der Waals surface area contributed by atoms with Gasteiger partial charge in [0.25, 0.3) is 0 Å². The molecule has 0 aliphatic heterocycles. The van der Waals surface area contributed by atoms with E-state index in [9.17, 15) is 0 Å². The smallest absolute Gasteiger partial charge is 0.0838 e. The Kier molecular flexibility index (Phi) is 6.72. The van der Waals surface area contributed by atoms with Gasteiger partial charge in [0.1, 0.15) is 0 Å². The number of thiophene rings is 1. The fourth-order valence-electron chi connectivity index (χ4n) is 3.54. The van der Waals surface area contributed by atoms with Crippen molar-refractivity contribution >= 4 is 11.3 Å². The van der Waals surface area contributed by atoms with E-state index in [1.807, 2.05) is 11.3 Å². The molecule has 1 heterocycles. The highest BCUT2D eigenvalue weighted by atomic mass is 32.1. The third-order valence-electron chi connectivity index (χ3n) is 4.63. The van der Waals surface area contributed by atoms with Crippen molar-refractivity contribution in [3.05, 3.63) is 21.9 Å². The van der Waals surface area contributed by atoms with E-state index in [2.05, 4.69) is 38.2 Å². The normalized spacial score (nSPS) is 19.0. The lowest BCUT2D eigenvalue weighted by Crippen LogP contribution is -2.52. The van der Waals surface area contributed by atoms with Crippen LogP contribution < -0.4 is 5.32 Å². The van der Waals surface area contributed by atoms with Gasteiger partial charge in [0.05, 0.1) is 5.60 Å². The molecule has 1 atom stereocenters. The zero-order chi connectivity index (χ0) is 15.1. The Morgan fingerprint density at radius 1 is 1.19 bits per heavy atom. The Balaban J connectivity index is 2.11. The summed E-state index contributed by atoms with van der Waals surface area (Å²) in [6, 6.07) is 5.07. The maximum atomic E-state index is 6.30. The minimum atomic E-state index is 0.0697. The van der Waals surface area contributed by atoms with Crippen molar-refractivity contribution in [2.75, 3.05) is 13.2 Å². The molecule has 0 amide bonds. The van der Waals surface area contributed by atoms with Crippen LogP contribution in [0, 0.1) is 0 Å². The number of rotatable bonds is 9. The molecule has 0 aromatic carbocycles. The van der Waals surface area contributed by atoms with E-state index < -0.39 is 0 Å². The van der Waals surface area contributed by atoms with Crippen molar-refractivity contribution in [3.63, 3.8) is 0 Å². The van der Waals surface area contributed by atoms with E-state index in [-0.39, 0.29) is 5.60 Å². The molecule has 0 bridgehead atoms. The Morgan fingerprint density at radius 3 is 2.48 bits per heavy atom. The molecule has 2 nitrogen and oxygen atoms in total. The molecule has 1 aromatic rings. The molecule has 1 N–H and O–H groups in total. The Hall–Kier alpha value is -0.380. The van der Waals surface area contributed by atoms with E-state index in [1.165, 1.54) is 41.9 Å². The first-order valence-electron chi connectivity index (χ1n) is 8.69. The molecule has 1 unspecified atom stereocenters. The molecule has 3 heteroatoms. The van der Waals surface area contributed by atoms with Crippen molar-refractivity contribution in [1.29, 1.82) is 0 Å². The molecule has 0 radical (unpaired) electrons. The summed E-state index contributed by atoms with van der Waals surface area (Å²) in [5.74, 6) is 0. The van der Waals surface area contributed by atoms with Crippen LogP contribution in [0.1, 0.15) is 62.6 Å². The zero-order valence-corrected chi connectivity index (χ0v) is 14.7. The third-order valence-corrected chi connectivity index (χ3v) is 5.88. The summed E-state index contributed by atoms with van der Waals surface area (Å²) in [6.07, 6.45) is 8.51. The second-order valence-corrected chi connectivity index (χ2v) is 7.39. The van der Waals surface area contributed by atoms with Gasteiger partial charge in [0.15, 0.2) is 0 Å². The van der Waals surface area contributed by atoms with Crippen LogP contribution in [0.25, 0.3) is 0 Å². The molecule has 21 heavy (non-hydrogen) atoms. The van der Waals surface area contributed by atoms with Crippen LogP contribution in [0.5, 0.6) is 0 Å². The van der Waals surface area contributed by atoms with E-state index >= 15 is 0 Å². The molecule has 1 aliphatic rings. The van der Waals surface area contributed by atoms with Gasteiger partial charge >= 0.3 is 0 Å². The second kappa shape index (κ2) is 8.30. The van der Waals surface area contributed by atoms with E-state index in [0.29, 0.717) is 6.04 Å². The van der Waals surface area contributed by atoms with E-state index in [0.717, 1.165) is 26.0 Å². The predicted molar refractivity (Wildman–Crippen MR) is 92.3 cm³/mol. The first-order chi connectivity index (χ1) is 10.2. The lowest BCUT2D eigenvalue weighted by molar-refractivity contribution is -0.0610. The molecular formula is C18H31NOS. The highest BCUT2D eigenvalue weighted by Crippen LogP contribution is 2.38. The highest BCUT2D eigenvalue weighted by Gasteiger charge is 2.41. The van der Waals surface area contributed by atoms with Gasteiger partial charge in [0.2, 0.25) is 0 Å². The first kappa shape index (κ1) is 17.0. The molecule has 1 aliphatic carbocycles. The third kappa shape index (κ3) is 4.30. The molecule has 2 rings (SSSR count). The SMILES string of the molecule is CCCNC(Cc1ccc(CC)s1)C1(OCC)CCCC1. The highest BCUT2D eigenvalue weighted by molar-refractivity contribution is 7.11. The summed E-state index contributed by atoms with van der Waals surface area (Å²) in [6.45, 7) is 8.53. The van der Waals surface area contributed by atoms with Crippen molar-refractivity contribution in [2.24, 2.45) is 0 Å². The van der Waals surface area contributed by atoms with Crippen LogP contribution in [0.15, 0.2) is 12.1 Å². The standard InChI is InChI=1S/C18H31NOS/c1-4-13-19-17(14-16-10-9-15(5-2)21-16)18(20-6-3)11-7-8-12-18/h9-10,17,19H,4-8,11-14H2,1-3H3. The Labute approximate surface area is 134 Å². The van der Waals surface area contributed by atoms with Gasteiger partial charge in [-0.25, -0.2) is 0 Å². The van der Waals surface area contributed by atoms with Crippen molar-refractivity contribution < 1.29 is 4.74 Å². The fraction of sp³-hybridized carbons (Fsp3) is 0.778. The van der Waals surface area contributed by atoms with E-state index in [1.54, 1.807) is 0 Å². The van der Waals surface area contributed by atoms with Gasteiger partial charge in [0, 0.05) is 22.4 Å². The lowest BCUT2D eigenvalue weighted by atomic mass is 9.89. The lowest BCUT2D eigenvalue weighted by Gasteiger charge is -2.38.